The summed E-state index contributed by atoms with van der Waals surface area (Å²) in [5.41, 5.74) is -0.396. The number of aryl methyl sites for hydroxylation is 1. The summed E-state index contributed by atoms with van der Waals surface area (Å²) in [6.07, 6.45) is 4.05. The van der Waals surface area contributed by atoms with Crippen molar-refractivity contribution in [1.29, 1.82) is 5.26 Å². The van der Waals surface area contributed by atoms with Gasteiger partial charge in [0.2, 0.25) is 0 Å². The van der Waals surface area contributed by atoms with Crippen LogP contribution in [0, 0.1) is 23.0 Å². The number of nitrogens with zero attached hydrogens (tertiary/aromatic N) is 3. The van der Waals surface area contributed by atoms with Gasteiger partial charge in [-0.2, -0.15) is 5.26 Å². The first-order chi connectivity index (χ1) is 15.6. The molecule has 33 heavy (non-hydrogen) atoms. The van der Waals surface area contributed by atoms with E-state index < -0.39 is 17.2 Å². The van der Waals surface area contributed by atoms with E-state index in [4.69, 9.17) is 0 Å². The Hall–Kier alpha value is -3.11. The van der Waals surface area contributed by atoms with E-state index in [1.165, 1.54) is 31.2 Å². The number of aliphatic hydroxyl groups is 1. The minimum absolute atomic E-state index is 0.0105. The van der Waals surface area contributed by atoms with Crippen LogP contribution in [0.4, 0.5) is 8.78 Å². The van der Waals surface area contributed by atoms with Gasteiger partial charge < -0.3 is 9.67 Å². The molecule has 1 aliphatic rings. The number of carbonyl (C=O) groups is 1. The molecule has 172 valence electrons. The molecule has 1 saturated carbocycles. The van der Waals surface area contributed by atoms with E-state index in [0.29, 0.717) is 18.4 Å². The molecular formula is C26H27F2N3O2. The molecule has 1 aliphatic carbocycles. The fraction of sp³-hybridized carbons (Fsp3) is 0.423. The van der Waals surface area contributed by atoms with Crippen LogP contribution < -0.4 is 0 Å². The third-order valence-electron chi connectivity index (χ3n) is 6.76. The lowest BCUT2D eigenvalue weighted by molar-refractivity contribution is -0.123. The molecule has 0 saturated heterocycles. The lowest BCUT2D eigenvalue weighted by atomic mass is 9.78. The number of carbonyl (C=O) groups excluding carboxylic acids is 1. The third kappa shape index (κ3) is 4.40. The largest absolute Gasteiger partial charge is 0.385 e. The maximum atomic E-state index is 14.2. The average molecular weight is 452 g/mol. The van der Waals surface area contributed by atoms with Crippen molar-refractivity contribution in [2.45, 2.75) is 69.9 Å². The van der Waals surface area contributed by atoms with Crippen molar-refractivity contribution >= 4 is 16.8 Å². The molecule has 1 fully saturated rings. The predicted octanol–water partition coefficient (Wildman–Crippen LogP) is 5.27. The highest BCUT2D eigenvalue weighted by Crippen LogP contribution is 2.42. The van der Waals surface area contributed by atoms with E-state index in [-0.39, 0.29) is 35.3 Å². The molecular weight excluding hydrogens is 424 g/mol. The number of rotatable bonds is 8. The van der Waals surface area contributed by atoms with Gasteiger partial charge in [-0.1, -0.05) is 18.2 Å². The molecule has 0 radical (unpaired) electrons. The van der Waals surface area contributed by atoms with Gasteiger partial charge in [-0.05, 0) is 51.7 Å². The van der Waals surface area contributed by atoms with E-state index in [1.807, 2.05) is 6.07 Å². The molecule has 1 N–H and O–H groups in total. The minimum atomic E-state index is -1.58. The number of imidazole rings is 1. The summed E-state index contributed by atoms with van der Waals surface area (Å²) in [4.78, 5) is 17.2. The highest BCUT2D eigenvalue weighted by molar-refractivity contribution is 5.80. The van der Waals surface area contributed by atoms with Gasteiger partial charge in [0.15, 0.2) is 0 Å². The number of Topliss-reactive ketones (excluding diaryl/α,β-unsaturated/α-hetero) is 1. The highest BCUT2D eigenvalue weighted by Gasteiger charge is 2.37. The number of fused-ring (bicyclic) bond motifs is 1. The number of ketones is 1. The van der Waals surface area contributed by atoms with Crippen LogP contribution in [-0.4, -0.2) is 20.4 Å². The van der Waals surface area contributed by atoms with Crippen LogP contribution in [0.25, 0.3) is 11.0 Å². The summed E-state index contributed by atoms with van der Waals surface area (Å²) in [6, 6.07) is 10.7. The fourth-order valence-electron chi connectivity index (χ4n) is 4.83. The second-order valence-electron chi connectivity index (χ2n) is 9.47. The van der Waals surface area contributed by atoms with Gasteiger partial charge in [0.05, 0.1) is 22.2 Å². The Morgan fingerprint density at radius 3 is 2.64 bits per heavy atom. The van der Waals surface area contributed by atoms with Crippen LogP contribution in [0.3, 0.4) is 0 Å². The minimum Gasteiger partial charge on any atom is -0.385 e. The van der Waals surface area contributed by atoms with Gasteiger partial charge in [0.1, 0.15) is 29.3 Å². The van der Waals surface area contributed by atoms with E-state index in [2.05, 4.69) is 16.5 Å². The van der Waals surface area contributed by atoms with Gasteiger partial charge >= 0.3 is 0 Å². The van der Waals surface area contributed by atoms with Crippen molar-refractivity contribution < 1.29 is 18.7 Å². The van der Waals surface area contributed by atoms with Crippen LogP contribution in [-0.2, 0) is 22.4 Å². The smallest absolute Gasteiger partial charge is 0.143 e. The summed E-state index contributed by atoms with van der Waals surface area (Å²) in [5, 5.41) is 19.9. The van der Waals surface area contributed by atoms with Crippen molar-refractivity contribution in [2.24, 2.45) is 0 Å². The van der Waals surface area contributed by atoms with Crippen molar-refractivity contribution in [1.82, 2.24) is 9.55 Å². The lowest BCUT2D eigenvalue weighted by Crippen LogP contribution is -2.38. The Kier molecular flexibility index (Phi) is 6.06. The number of halogens is 2. The third-order valence-corrected chi connectivity index (χ3v) is 6.76. The SMILES string of the molecule is CC(O)(CC(=O)CCCc1nc2cc(F)c(C#N)cc2n1C1(C)CCC1)c1ccccc1F. The molecule has 7 heteroatoms. The van der Waals surface area contributed by atoms with Gasteiger partial charge in [0.25, 0.3) is 0 Å². The summed E-state index contributed by atoms with van der Waals surface area (Å²) >= 11 is 0. The van der Waals surface area contributed by atoms with Crippen LogP contribution in [0.15, 0.2) is 36.4 Å². The Labute approximate surface area is 191 Å². The molecule has 0 spiro atoms. The molecule has 4 rings (SSSR count). The first kappa shape index (κ1) is 23.1. The fourth-order valence-corrected chi connectivity index (χ4v) is 4.83. The summed E-state index contributed by atoms with van der Waals surface area (Å²) in [6.45, 7) is 3.58. The number of nitriles is 1. The van der Waals surface area contributed by atoms with Gasteiger partial charge in [-0.3, -0.25) is 4.79 Å². The zero-order chi connectivity index (χ0) is 23.8. The molecule has 1 heterocycles. The van der Waals surface area contributed by atoms with Crippen LogP contribution in [0.1, 0.15) is 69.3 Å². The van der Waals surface area contributed by atoms with Crippen LogP contribution in [0.2, 0.25) is 0 Å². The number of hydrogen-bond donors (Lipinski definition) is 1. The van der Waals surface area contributed by atoms with E-state index in [9.17, 15) is 23.9 Å². The quantitative estimate of drug-likeness (QED) is 0.506. The zero-order valence-electron chi connectivity index (χ0n) is 18.9. The van der Waals surface area contributed by atoms with E-state index in [0.717, 1.165) is 30.6 Å². The summed E-state index contributed by atoms with van der Waals surface area (Å²) < 4.78 is 30.3. The van der Waals surface area contributed by atoms with Gasteiger partial charge in [-0.15, -0.1) is 0 Å². The molecule has 0 aliphatic heterocycles. The molecule has 1 unspecified atom stereocenters. The van der Waals surface area contributed by atoms with E-state index in [1.54, 1.807) is 12.1 Å². The van der Waals surface area contributed by atoms with Crippen molar-refractivity contribution in [3.63, 3.8) is 0 Å². The first-order valence-corrected chi connectivity index (χ1v) is 11.3. The zero-order valence-corrected chi connectivity index (χ0v) is 18.9. The molecule has 2 aromatic carbocycles. The maximum Gasteiger partial charge on any atom is 0.143 e. The summed E-state index contributed by atoms with van der Waals surface area (Å²) in [5.74, 6) is -0.541. The van der Waals surface area contributed by atoms with Crippen LogP contribution in [0.5, 0.6) is 0 Å². The molecule has 1 aromatic heterocycles. The normalized spacial score (nSPS) is 16.7. The number of benzene rings is 2. The Bertz CT molecular complexity index is 1250. The summed E-state index contributed by atoms with van der Waals surface area (Å²) in [7, 11) is 0. The molecule has 0 amide bonds. The predicted molar refractivity (Wildman–Crippen MR) is 120 cm³/mol. The Morgan fingerprint density at radius 2 is 2.00 bits per heavy atom. The van der Waals surface area contributed by atoms with Crippen molar-refractivity contribution in [3.8, 4) is 6.07 Å². The van der Waals surface area contributed by atoms with Gasteiger partial charge in [-0.25, -0.2) is 13.8 Å². The van der Waals surface area contributed by atoms with Crippen LogP contribution >= 0.6 is 0 Å². The number of aromatic nitrogens is 2. The van der Waals surface area contributed by atoms with E-state index >= 15 is 0 Å². The molecule has 3 aromatic rings. The highest BCUT2D eigenvalue weighted by atomic mass is 19.1. The molecule has 0 bridgehead atoms. The maximum absolute atomic E-state index is 14.2. The topological polar surface area (TPSA) is 78.9 Å². The van der Waals surface area contributed by atoms with Crippen molar-refractivity contribution in [2.75, 3.05) is 0 Å². The lowest BCUT2D eigenvalue weighted by Gasteiger charge is -2.41. The Morgan fingerprint density at radius 1 is 1.27 bits per heavy atom. The molecule has 1 atom stereocenters. The number of hydrogen-bond acceptors (Lipinski definition) is 4. The second kappa shape index (κ2) is 8.68. The molecule has 5 nitrogen and oxygen atoms in total. The first-order valence-electron chi connectivity index (χ1n) is 11.3. The standard InChI is InChI=1S/C26H27F2N3O2/c1-25(11-6-12-25)31-23-13-17(16-29)21(28)14-22(23)30-24(31)10-5-7-18(32)15-26(2,33)19-8-3-4-9-20(19)27/h3-4,8-9,13-14,33H,5-7,10-12,15H2,1-2H3. The Balaban J connectivity index is 1.50. The second-order valence-corrected chi connectivity index (χ2v) is 9.47. The van der Waals surface area contributed by atoms with Crippen molar-refractivity contribution in [3.05, 3.63) is 65.0 Å². The average Bonchev–Trinajstić information content (AvgIpc) is 3.08. The van der Waals surface area contributed by atoms with Gasteiger partial charge in [0, 0.05) is 36.4 Å². The monoisotopic (exact) mass is 451 g/mol.